The Hall–Kier alpha value is -3.64. The van der Waals surface area contributed by atoms with Crippen molar-refractivity contribution in [3.8, 4) is 17.0 Å². The van der Waals surface area contributed by atoms with Crippen LogP contribution < -0.4 is 15.6 Å². The molecule has 0 bridgehead atoms. The number of nitrogens with zero attached hydrogens (tertiary/aromatic N) is 2. The predicted octanol–water partition coefficient (Wildman–Crippen LogP) is 5.15. The number of H-pyrrole nitrogens is 1. The van der Waals surface area contributed by atoms with Crippen LogP contribution in [0.15, 0.2) is 71.7 Å². The maximum atomic E-state index is 12.7. The molecule has 0 unspecified atom stereocenters. The first-order valence-electron chi connectivity index (χ1n) is 11.3. The fourth-order valence-corrected chi connectivity index (χ4v) is 4.62. The Balaban J connectivity index is 1.51. The van der Waals surface area contributed by atoms with Crippen molar-refractivity contribution in [2.75, 3.05) is 32.6 Å². The molecule has 0 spiro atoms. The number of piperidine rings is 1. The molecule has 4 aromatic rings. The lowest BCUT2D eigenvalue weighted by molar-refractivity contribution is 0.255. The van der Waals surface area contributed by atoms with Gasteiger partial charge in [0, 0.05) is 17.4 Å². The molecule has 1 aliphatic rings. The smallest absolute Gasteiger partial charge is 0.259 e. The summed E-state index contributed by atoms with van der Waals surface area (Å²) in [5.41, 5.74) is 3.73. The second kappa shape index (κ2) is 9.08. The number of benzene rings is 2. The molecular formula is C27H28N4O2. The van der Waals surface area contributed by atoms with Gasteiger partial charge in [0.1, 0.15) is 11.6 Å². The summed E-state index contributed by atoms with van der Waals surface area (Å²) in [5, 5.41) is 4.75. The van der Waals surface area contributed by atoms with Crippen molar-refractivity contribution < 1.29 is 4.74 Å². The standard InChI is InChI=1S/C27H28N4O2/c1-31-15-12-19(13-16-31)18-7-9-21(10-8-18)29-26-25-20(11-14-28-27(25)32)17-23(30-26)22-5-3-4-6-24(22)33-2/h3-11,14,17,19H,12-13,15-16H2,1-2H3,(H,28,32)(H,29,30). The lowest BCUT2D eigenvalue weighted by Crippen LogP contribution is -2.29. The molecule has 0 atom stereocenters. The van der Waals surface area contributed by atoms with Crippen LogP contribution in [0, 0.1) is 0 Å². The quantitative estimate of drug-likeness (QED) is 0.449. The molecule has 2 aromatic carbocycles. The first-order chi connectivity index (χ1) is 16.1. The van der Waals surface area contributed by atoms with Crippen molar-refractivity contribution in [3.63, 3.8) is 0 Å². The average Bonchev–Trinajstić information content (AvgIpc) is 2.85. The molecule has 2 aromatic heterocycles. The summed E-state index contributed by atoms with van der Waals surface area (Å²) < 4.78 is 5.54. The predicted molar refractivity (Wildman–Crippen MR) is 134 cm³/mol. The molecule has 0 radical (unpaired) electrons. The van der Waals surface area contributed by atoms with E-state index in [1.807, 2.05) is 36.4 Å². The van der Waals surface area contributed by atoms with Crippen molar-refractivity contribution >= 4 is 22.3 Å². The zero-order valence-corrected chi connectivity index (χ0v) is 19.0. The Morgan fingerprint density at radius 2 is 1.82 bits per heavy atom. The van der Waals surface area contributed by atoms with E-state index in [0.717, 1.165) is 41.2 Å². The van der Waals surface area contributed by atoms with Crippen LogP contribution in [-0.4, -0.2) is 42.1 Å². The van der Waals surface area contributed by atoms with Gasteiger partial charge in [-0.3, -0.25) is 4.79 Å². The molecule has 1 fully saturated rings. The highest BCUT2D eigenvalue weighted by molar-refractivity contribution is 5.95. The number of para-hydroxylation sites is 1. The Bertz CT molecular complexity index is 1320. The lowest BCUT2D eigenvalue weighted by Gasteiger charge is -2.29. The number of rotatable bonds is 5. The van der Waals surface area contributed by atoms with Crippen molar-refractivity contribution in [2.24, 2.45) is 0 Å². The Morgan fingerprint density at radius 1 is 1.06 bits per heavy atom. The Morgan fingerprint density at radius 3 is 2.58 bits per heavy atom. The molecule has 5 rings (SSSR count). The highest BCUT2D eigenvalue weighted by Gasteiger charge is 2.18. The first kappa shape index (κ1) is 21.2. The van der Waals surface area contributed by atoms with Gasteiger partial charge in [0.05, 0.1) is 18.2 Å². The zero-order chi connectivity index (χ0) is 22.8. The summed E-state index contributed by atoms with van der Waals surface area (Å²) in [7, 11) is 3.83. The molecule has 6 heteroatoms. The fraction of sp³-hybridized carbons (Fsp3) is 0.259. The number of hydrogen-bond acceptors (Lipinski definition) is 5. The highest BCUT2D eigenvalue weighted by atomic mass is 16.5. The van der Waals surface area contributed by atoms with Crippen molar-refractivity contribution in [3.05, 3.63) is 82.8 Å². The molecule has 0 amide bonds. The number of anilines is 2. The van der Waals surface area contributed by atoms with Gasteiger partial charge in [0.25, 0.3) is 5.56 Å². The van der Waals surface area contributed by atoms with E-state index < -0.39 is 0 Å². The third kappa shape index (κ3) is 4.34. The molecule has 168 valence electrons. The second-order valence-electron chi connectivity index (χ2n) is 8.65. The summed E-state index contributed by atoms with van der Waals surface area (Å²) in [6.07, 6.45) is 4.04. The number of pyridine rings is 2. The largest absolute Gasteiger partial charge is 0.496 e. The normalized spacial score (nSPS) is 15.0. The number of aromatic nitrogens is 2. The van der Waals surface area contributed by atoms with Gasteiger partial charge in [-0.25, -0.2) is 4.98 Å². The van der Waals surface area contributed by atoms with Gasteiger partial charge in [-0.2, -0.15) is 0 Å². The molecule has 33 heavy (non-hydrogen) atoms. The zero-order valence-electron chi connectivity index (χ0n) is 19.0. The molecule has 1 aliphatic heterocycles. The third-order valence-corrected chi connectivity index (χ3v) is 6.50. The van der Waals surface area contributed by atoms with Gasteiger partial charge >= 0.3 is 0 Å². The minimum atomic E-state index is -0.169. The molecule has 3 heterocycles. The van der Waals surface area contributed by atoms with Gasteiger partial charge in [-0.05, 0) is 86.2 Å². The summed E-state index contributed by atoms with van der Waals surface area (Å²) in [6.45, 7) is 2.28. The number of hydrogen-bond donors (Lipinski definition) is 2. The molecular weight excluding hydrogens is 412 g/mol. The Kier molecular flexibility index (Phi) is 5.84. The van der Waals surface area contributed by atoms with Crippen LogP contribution in [0.1, 0.15) is 24.3 Å². The van der Waals surface area contributed by atoms with Gasteiger partial charge in [-0.1, -0.05) is 24.3 Å². The number of likely N-dealkylation sites (tertiary alicyclic amines) is 1. The highest BCUT2D eigenvalue weighted by Crippen LogP contribution is 2.33. The van der Waals surface area contributed by atoms with E-state index >= 15 is 0 Å². The fourth-order valence-electron chi connectivity index (χ4n) is 4.62. The topological polar surface area (TPSA) is 70.2 Å². The summed E-state index contributed by atoms with van der Waals surface area (Å²) >= 11 is 0. The molecule has 6 nitrogen and oxygen atoms in total. The number of aromatic amines is 1. The maximum absolute atomic E-state index is 12.7. The van der Waals surface area contributed by atoms with E-state index in [-0.39, 0.29) is 5.56 Å². The molecule has 2 N–H and O–H groups in total. The van der Waals surface area contributed by atoms with Gasteiger partial charge in [0.2, 0.25) is 0 Å². The number of methoxy groups -OCH3 is 1. The van der Waals surface area contributed by atoms with E-state index in [0.29, 0.717) is 17.1 Å². The second-order valence-corrected chi connectivity index (χ2v) is 8.65. The molecule has 0 saturated carbocycles. The number of ether oxygens (including phenoxy) is 1. The lowest BCUT2D eigenvalue weighted by atomic mass is 9.89. The van der Waals surface area contributed by atoms with Crippen LogP contribution in [0.4, 0.5) is 11.5 Å². The average molecular weight is 441 g/mol. The SMILES string of the molecule is COc1ccccc1-c1cc2cc[nH]c(=O)c2c(Nc2ccc(C3CCN(C)CC3)cc2)n1. The van der Waals surface area contributed by atoms with Crippen molar-refractivity contribution in [2.45, 2.75) is 18.8 Å². The third-order valence-electron chi connectivity index (χ3n) is 6.50. The molecule has 0 aliphatic carbocycles. The van der Waals surface area contributed by atoms with Crippen molar-refractivity contribution in [1.29, 1.82) is 0 Å². The van der Waals surface area contributed by atoms with E-state index in [2.05, 4.69) is 46.5 Å². The van der Waals surface area contributed by atoms with Gasteiger partial charge in [-0.15, -0.1) is 0 Å². The van der Waals surface area contributed by atoms with Crippen LogP contribution >= 0.6 is 0 Å². The van der Waals surface area contributed by atoms with Gasteiger partial charge in [0.15, 0.2) is 0 Å². The maximum Gasteiger partial charge on any atom is 0.259 e. The first-order valence-corrected chi connectivity index (χ1v) is 11.3. The summed E-state index contributed by atoms with van der Waals surface area (Å²) in [6, 6.07) is 20.1. The van der Waals surface area contributed by atoms with E-state index in [1.165, 1.54) is 18.4 Å². The van der Waals surface area contributed by atoms with E-state index in [1.54, 1.807) is 13.3 Å². The number of nitrogens with one attached hydrogen (secondary N) is 2. The van der Waals surface area contributed by atoms with Gasteiger partial charge < -0.3 is 19.9 Å². The van der Waals surface area contributed by atoms with Crippen LogP contribution in [0.5, 0.6) is 5.75 Å². The van der Waals surface area contributed by atoms with E-state index in [9.17, 15) is 4.79 Å². The Labute approximate surface area is 193 Å². The van der Waals surface area contributed by atoms with Crippen LogP contribution in [-0.2, 0) is 0 Å². The number of fused-ring (bicyclic) bond motifs is 1. The molecule has 1 saturated heterocycles. The monoisotopic (exact) mass is 440 g/mol. The minimum absolute atomic E-state index is 0.169. The van der Waals surface area contributed by atoms with Crippen molar-refractivity contribution in [1.82, 2.24) is 14.9 Å². The summed E-state index contributed by atoms with van der Waals surface area (Å²) in [4.78, 5) is 22.7. The van der Waals surface area contributed by atoms with Crippen LogP contribution in [0.3, 0.4) is 0 Å². The van der Waals surface area contributed by atoms with Crippen LogP contribution in [0.2, 0.25) is 0 Å². The summed E-state index contributed by atoms with van der Waals surface area (Å²) in [5.74, 6) is 1.87. The van der Waals surface area contributed by atoms with Crippen LogP contribution in [0.25, 0.3) is 22.0 Å². The minimum Gasteiger partial charge on any atom is -0.496 e. The van der Waals surface area contributed by atoms with E-state index in [4.69, 9.17) is 9.72 Å².